The molecule has 2 fully saturated rings. The van der Waals surface area contributed by atoms with E-state index in [2.05, 4.69) is 0 Å². The van der Waals surface area contributed by atoms with E-state index in [1.165, 1.54) is 13.2 Å². The van der Waals surface area contributed by atoms with Crippen LogP contribution in [0.3, 0.4) is 0 Å². The van der Waals surface area contributed by atoms with E-state index in [-0.39, 0.29) is 18.0 Å². The molecule has 1 N–H and O–H groups in total. The van der Waals surface area contributed by atoms with Gasteiger partial charge in [0.05, 0.1) is 24.9 Å². The Hall–Kier alpha value is -1.13. The zero-order valence-corrected chi connectivity index (χ0v) is 10.4. The average Bonchev–Trinajstić information content (AvgIpc) is 2.70. The van der Waals surface area contributed by atoms with Crippen LogP contribution in [0, 0.1) is 5.82 Å². The van der Waals surface area contributed by atoms with E-state index < -0.39 is 5.60 Å². The molecule has 2 saturated heterocycles. The summed E-state index contributed by atoms with van der Waals surface area (Å²) in [6.07, 6.45) is 2.96. The first-order chi connectivity index (χ1) is 8.60. The molecule has 0 saturated carbocycles. The normalized spacial score (nSPS) is 34.6. The van der Waals surface area contributed by atoms with Crippen LogP contribution in [-0.4, -0.2) is 24.4 Å². The van der Waals surface area contributed by atoms with E-state index >= 15 is 0 Å². The number of rotatable bonds is 2. The first kappa shape index (κ1) is 11.9. The summed E-state index contributed by atoms with van der Waals surface area (Å²) in [7, 11) is 1.54. The van der Waals surface area contributed by atoms with Gasteiger partial charge in [0, 0.05) is 18.4 Å². The highest BCUT2D eigenvalue weighted by Gasteiger charge is 2.45. The van der Waals surface area contributed by atoms with Gasteiger partial charge in [-0.15, -0.1) is 0 Å². The Bertz CT molecular complexity index is 448. The van der Waals surface area contributed by atoms with Gasteiger partial charge in [0.1, 0.15) is 11.6 Å². The number of hydrogen-bond acceptors (Lipinski definition) is 3. The standard InChI is InChI=1S/C14H17FO3/c1-17-9-4-5-13(15)12(6-9)14(16)7-10-2-3-11(8-14)18-10/h4-6,10-11,16H,2-3,7-8H2,1H3. The second kappa shape index (κ2) is 4.21. The summed E-state index contributed by atoms with van der Waals surface area (Å²) >= 11 is 0. The van der Waals surface area contributed by atoms with Crippen LogP contribution in [0.15, 0.2) is 18.2 Å². The largest absolute Gasteiger partial charge is 0.497 e. The third kappa shape index (κ3) is 1.89. The molecule has 3 rings (SSSR count). The van der Waals surface area contributed by atoms with Crippen molar-refractivity contribution in [1.82, 2.24) is 0 Å². The molecule has 2 atom stereocenters. The lowest BCUT2D eigenvalue weighted by Crippen LogP contribution is -2.39. The Morgan fingerprint density at radius 2 is 2.00 bits per heavy atom. The Balaban J connectivity index is 1.98. The van der Waals surface area contributed by atoms with Crippen LogP contribution in [0.1, 0.15) is 31.2 Å². The van der Waals surface area contributed by atoms with Crippen molar-refractivity contribution >= 4 is 0 Å². The highest BCUT2D eigenvalue weighted by molar-refractivity contribution is 5.34. The third-order valence-electron chi connectivity index (χ3n) is 4.00. The number of fused-ring (bicyclic) bond motifs is 2. The molecule has 0 amide bonds. The number of ether oxygens (including phenoxy) is 2. The second-order valence-corrected chi connectivity index (χ2v) is 5.24. The predicted molar refractivity (Wildman–Crippen MR) is 64.0 cm³/mol. The van der Waals surface area contributed by atoms with Crippen LogP contribution >= 0.6 is 0 Å². The van der Waals surface area contributed by atoms with Crippen molar-refractivity contribution in [2.75, 3.05) is 7.11 Å². The lowest BCUT2D eigenvalue weighted by Gasteiger charge is -2.37. The van der Waals surface area contributed by atoms with Gasteiger partial charge in [-0.2, -0.15) is 0 Å². The summed E-state index contributed by atoms with van der Waals surface area (Å²) in [6, 6.07) is 4.51. The van der Waals surface area contributed by atoms with Crippen molar-refractivity contribution in [1.29, 1.82) is 0 Å². The van der Waals surface area contributed by atoms with Crippen LogP contribution in [0.2, 0.25) is 0 Å². The zero-order chi connectivity index (χ0) is 12.8. The fourth-order valence-corrected chi connectivity index (χ4v) is 3.12. The first-order valence-electron chi connectivity index (χ1n) is 6.32. The molecule has 0 radical (unpaired) electrons. The molecular formula is C14H17FO3. The number of benzene rings is 1. The maximum Gasteiger partial charge on any atom is 0.129 e. The van der Waals surface area contributed by atoms with E-state index in [9.17, 15) is 9.50 Å². The summed E-state index contributed by atoms with van der Waals surface area (Å²) in [4.78, 5) is 0. The highest BCUT2D eigenvalue weighted by atomic mass is 19.1. The minimum Gasteiger partial charge on any atom is -0.497 e. The number of aliphatic hydroxyl groups is 1. The van der Waals surface area contributed by atoms with Crippen molar-refractivity contribution in [3.05, 3.63) is 29.6 Å². The summed E-state index contributed by atoms with van der Waals surface area (Å²) in [5, 5.41) is 10.7. The maximum atomic E-state index is 14.0. The van der Waals surface area contributed by atoms with Gasteiger partial charge in [0.15, 0.2) is 0 Å². The maximum absolute atomic E-state index is 14.0. The Morgan fingerprint density at radius 1 is 1.33 bits per heavy atom. The monoisotopic (exact) mass is 252 g/mol. The van der Waals surface area contributed by atoms with Gasteiger partial charge in [-0.05, 0) is 31.0 Å². The van der Waals surface area contributed by atoms with Gasteiger partial charge in [-0.25, -0.2) is 4.39 Å². The summed E-state index contributed by atoms with van der Waals surface area (Å²) in [5.41, 5.74) is -0.787. The van der Waals surface area contributed by atoms with E-state index in [0.717, 1.165) is 12.8 Å². The summed E-state index contributed by atoms with van der Waals surface area (Å²) < 4.78 is 24.8. The SMILES string of the molecule is COc1ccc(F)c(C2(O)CC3CCC(C2)O3)c1. The van der Waals surface area contributed by atoms with Crippen molar-refractivity contribution in [2.45, 2.75) is 43.5 Å². The van der Waals surface area contributed by atoms with Crippen molar-refractivity contribution in [2.24, 2.45) is 0 Å². The molecule has 2 bridgehead atoms. The van der Waals surface area contributed by atoms with E-state index in [0.29, 0.717) is 24.2 Å². The average molecular weight is 252 g/mol. The van der Waals surface area contributed by atoms with Gasteiger partial charge in [-0.1, -0.05) is 0 Å². The Labute approximate surface area is 106 Å². The van der Waals surface area contributed by atoms with Crippen LogP contribution in [0.25, 0.3) is 0 Å². The molecule has 98 valence electrons. The molecule has 2 heterocycles. The van der Waals surface area contributed by atoms with Crippen molar-refractivity contribution in [3.8, 4) is 5.75 Å². The van der Waals surface area contributed by atoms with Gasteiger partial charge in [0.2, 0.25) is 0 Å². The molecule has 0 spiro atoms. The van der Waals surface area contributed by atoms with Crippen molar-refractivity contribution < 1.29 is 19.0 Å². The third-order valence-corrected chi connectivity index (χ3v) is 4.00. The molecule has 0 aromatic heterocycles. The zero-order valence-electron chi connectivity index (χ0n) is 10.4. The predicted octanol–water partition coefficient (Wildman–Crippen LogP) is 2.36. The van der Waals surface area contributed by atoms with Crippen molar-refractivity contribution in [3.63, 3.8) is 0 Å². The summed E-state index contributed by atoms with van der Waals surface area (Å²) in [5.74, 6) is 0.193. The fraction of sp³-hybridized carbons (Fsp3) is 0.571. The van der Waals surface area contributed by atoms with Crippen LogP contribution in [0.5, 0.6) is 5.75 Å². The fourth-order valence-electron chi connectivity index (χ4n) is 3.12. The van der Waals surface area contributed by atoms with Gasteiger partial charge < -0.3 is 14.6 Å². The number of hydrogen-bond donors (Lipinski definition) is 1. The molecule has 3 nitrogen and oxygen atoms in total. The lowest BCUT2D eigenvalue weighted by molar-refractivity contribution is -0.117. The quantitative estimate of drug-likeness (QED) is 0.878. The van der Waals surface area contributed by atoms with Crippen LogP contribution < -0.4 is 4.74 Å². The number of halogens is 1. The summed E-state index contributed by atoms with van der Waals surface area (Å²) in [6.45, 7) is 0. The minimum atomic E-state index is -1.12. The minimum absolute atomic E-state index is 0.0550. The Morgan fingerprint density at radius 3 is 2.61 bits per heavy atom. The smallest absolute Gasteiger partial charge is 0.129 e. The van der Waals surface area contributed by atoms with E-state index in [1.807, 2.05) is 0 Å². The first-order valence-corrected chi connectivity index (χ1v) is 6.32. The second-order valence-electron chi connectivity index (χ2n) is 5.24. The van der Waals surface area contributed by atoms with E-state index in [4.69, 9.17) is 9.47 Å². The highest BCUT2D eigenvalue weighted by Crippen LogP contribution is 2.45. The van der Waals surface area contributed by atoms with Crippen LogP contribution in [0.4, 0.5) is 4.39 Å². The molecule has 2 aliphatic rings. The van der Waals surface area contributed by atoms with Crippen LogP contribution in [-0.2, 0) is 10.3 Å². The lowest BCUT2D eigenvalue weighted by atomic mass is 9.83. The molecule has 4 heteroatoms. The molecule has 0 aliphatic carbocycles. The van der Waals surface area contributed by atoms with E-state index in [1.54, 1.807) is 12.1 Å². The molecule has 1 aromatic carbocycles. The van der Waals surface area contributed by atoms with Gasteiger partial charge >= 0.3 is 0 Å². The molecule has 2 unspecified atom stereocenters. The Kier molecular flexibility index (Phi) is 2.79. The van der Waals surface area contributed by atoms with Gasteiger partial charge in [-0.3, -0.25) is 0 Å². The number of methoxy groups -OCH3 is 1. The van der Waals surface area contributed by atoms with Gasteiger partial charge in [0.25, 0.3) is 0 Å². The molecular weight excluding hydrogens is 235 g/mol. The molecule has 18 heavy (non-hydrogen) atoms. The molecule has 2 aliphatic heterocycles. The topological polar surface area (TPSA) is 38.7 Å². The molecule has 1 aromatic rings.